The van der Waals surface area contributed by atoms with Gasteiger partial charge in [-0.2, -0.15) is 0 Å². The molecule has 0 aromatic heterocycles. The lowest BCUT2D eigenvalue weighted by atomic mass is 9.92. The van der Waals surface area contributed by atoms with Crippen molar-refractivity contribution in [3.8, 4) is 0 Å². The van der Waals surface area contributed by atoms with Gasteiger partial charge in [-0.15, -0.1) is 0 Å². The molecular formula is C13H19NO. The van der Waals surface area contributed by atoms with E-state index in [9.17, 15) is 0 Å². The summed E-state index contributed by atoms with van der Waals surface area (Å²) in [6.07, 6.45) is 3.53. The number of benzene rings is 1. The third-order valence-corrected chi connectivity index (χ3v) is 3.18. The van der Waals surface area contributed by atoms with Gasteiger partial charge in [0, 0.05) is 18.9 Å². The van der Waals surface area contributed by atoms with Crippen LogP contribution in [0.2, 0.25) is 0 Å². The maximum atomic E-state index is 6.06. The van der Waals surface area contributed by atoms with Crippen LogP contribution in [0.15, 0.2) is 18.2 Å². The fourth-order valence-corrected chi connectivity index (χ4v) is 2.20. The smallest absolute Gasteiger partial charge is 0.0497 e. The predicted octanol–water partition coefficient (Wildman–Crippen LogP) is 2.55. The summed E-state index contributed by atoms with van der Waals surface area (Å²) in [7, 11) is 0. The number of ether oxygens (including phenoxy) is 1. The van der Waals surface area contributed by atoms with E-state index >= 15 is 0 Å². The van der Waals surface area contributed by atoms with Crippen molar-refractivity contribution in [1.29, 1.82) is 0 Å². The molecule has 1 saturated heterocycles. The third kappa shape index (κ3) is 2.51. The molecule has 0 amide bonds. The molecule has 2 N–H and O–H groups in total. The van der Waals surface area contributed by atoms with E-state index in [2.05, 4.69) is 25.1 Å². The molecule has 2 nitrogen and oxygen atoms in total. The second kappa shape index (κ2) is 4.67. The lowest BCUT2D eigenvalue weighted by Crippen LogP contribution is -2.19. The van der Waals surface area contributed by atoms with Crippen LogP contribution in [0.3, 0.4) is 0 Å². The van der Waals surface area contributed by atoms with Crippen molar-refractivity contribution in [3.63, 3.8) is 0 Å². The molecule has 1 aliphatic rings. The van der Waals surface area contributed by atoms with Crippen LogP contribution in [0.25, 0.3) is 0 Å². The van der Waals surface area contributed by atoms with Gasteiger partial charge in [-0.05, 0) is 43.2 Å². The average molecular weight is 205 g/mol. The van der Waals surface area contributed by atoms with Gasteiger partial charge in [0.05, 0.1) is 0 Å². The first-order chi connectivity index (χ1) is 7.27. The number of hydrogen-bond donors (Lipinski definition) is 1. The van der Waals surface area contributed by atoms with E-state index in [4.69, 9.17) is 10.5 Å². The van der Waals surface area contributed by atoms with Gasteiger partial charge in [-0.3, -0.25) is 0 Å². The summed E-state index contributed by atoms with van der Waals surface area (Å²) in [5.74, 6) is 0.655. The summed E-state index contributed by atoms with van der Waals surface area (Å²) < 4.78 is 5.48. The zero-order chi connectivity index (χ0) is 10.7. The SMILES string of the molecule is Cc1cccc(CC2CCCOC2)c1N. The Labute approximate surface area is 91.4 Å². The normalized spacial score (nSPS) is 21.5. The first-order valence-corrected chi connectivity index (χ1v) is 5.69. The molecule has 0 saturated carbocycles. The number of para-hydroxylation sites is 1. The Morgan fingerprint density at radius 3 is 3.07 bits per heavy atom. The number of nitrogens with two attached hydrogens (primary N) is 1. The Bertz CT molecular complexity index is 329. The largest absolute Gasteiger partial charge is 0.398 e. The highest BCUT2D eigenvalue weighted by atomic mass is 16.5. The van der Waals surface area contributed by atoms with E-state index in [1.165, 1.54) is 24.0 Å². The standard InChI is InChI=1S/C13H19NO/c1-10-4-2-6-12(13(10)14)8-11-5-3-7-15-9-11/h2,4,6,11H,3,5,7-9,14H2,1H3. The lowest BCUT2D eigenvalue weighted by molar-refractivity contribution is 0.0551. The molecule has 15 heavy (non-hydrogen) atoms. The molecule has 82 valence electrons. The first kappa shape index (κ1) is 10.5. The average Bonchev–Trinajstić information content (AvgIpc) is 2.26. The van der Waals surface area contributed by atoms with Crippen LogP contribution in [0, 0.1) is 12.8 Å². The highest BCUT2D eigenvalue weighted by Crippen LogP contribution is 2.24. The van der Waals surface area contributed by atoms with Crippen molar-refractivity contribution >= 4 is 5.69 Å². The highest BCUT2D eigenvalue weighted by molar-refractivity contribution is 5.53. The fourth-order valence-electron chi connectivity index (χ4n) is 2.20. The Hall–Kier alpha value is -1.02. The second-order valence-electron chi connectivity index (χ2n) is 4.44. The molecule has 0 spiro atoms. The zero-order valence-electron chi connectivity index (χ0n) is 9.33. The molecule has 0 aliphatic carbocycles. The van der Waals surface area contributed by atoms with Gasteiger partial charge in [0.25, 0.3) is 0 Å². The fraction of sp³-hybridized carbons (Fsp3) is 0.538. The van der Waals surface area contributed by atoms with Gasteiger partial charge < -0.3 is 10.5 Å². The highest BCUT2D eigenvalue weighted by Gasteiger charge is 2.15. The van der Waals surface area contributed by atoms with Crippen LogP contribution in [0.5, 0.6) is 0 Å². The molecule has 1 unspecified atom stereocenters. The van der Waals surface area contributed by atoms with Crippen LogP contribution in [0.4, 0.5) is 5.69 Å². The van der Waals surface area contributed by atoms with Gasteiger partial charge in [-0.25, -0.2) is 0 Å². The van der Waals surface area contributed by atoms with Gasteiger partial charge in [0.15, 0.2) is 0 Å². The number of hydrogen-bond acceptors (Lipinski definition) is 2. The lowest BCUT2D eigenvalue weighted by Gasteiger charge is -2.22. The minimum absolute atomic E-state index is 0.655. The molecule has 1 fully saturated rings. The van der Waals surface area contributed by atoms with E-state index < -0.39 is 0 Å². The van der Waals surface area contributed by atoms with Crippen molar-refractivity contribution in [2.75, 3.05) is 18.9 Å². The molecule has 1 aromatic carbocycles. The van der Waals surface area contributed by atoms with Crippen molar-refractivity contribution < 1.29 is 4.74 Å². The monoisotopic (exact) mass is 205 g/mol. The Kier molecular flexibility index (Phi) is 3.27. The molecule has 1 aliphatic heterocycles. The van der Waals surface area contributed by atoms with Gasteiger partial charge >= 0.3 is 0 Å². The molecule has 1 atom stereocenters. The van der Waals surface area contributed by atoms with Crippen LogP contribution in [-0.2, 0) is 11.2 Å². The van der Waals surface area contributed by atoms with Crippen LogP contribution < -0.4 is 5.73 Å². The molecule has 0 radical (unpaired) electrons. The first-order valence-electron chi connectivity index (χ1n) is 5.69. The Balaban J connectivity index is 2.06. The molecule has 0 bridgehead atoms. The molecule has 2 rings (SSSR count). The third-order valence-electron chi connectivity index (χ3n) is 3.18. The van der Waals surface area contributed by atoms with E-state index in [1.807, 2.05) is 0 Å². The molecular weight excluding hydrogens is 186 g/mol. The minimum Gasteiger partial charge on any atom is -0.398 e. The minimum atomic E-state index is 0.655. The second-order valence-corrected chi connectivity index (χ2v) is 4.44. The van der Waals surface area contributed by atoms with Gasteiger partial charge in [-0.1, -0.05) is 18.2 Å². The Morgan fingerprint density at radius 1 is 1.47 bits per heavy atom. The summed E-state index contributed by atoms with van der Waals surface area (Å²) in [6.45, 7) is 3.89. The zero-order valence-corrected chi connectivity index (χ0v) is 9.33. The molecule has 1 aromatic rings. The van der Waals surface area contributed by atoms with Crippen LogP contribution >= 0.6 is 0 Å². The van der Waals surface area contributed by atoms with Gasteiger partial charge in [0.2, 0.25) is 0 Å². The van der Waals surface area contributed by atoms with E-state index in [0.29, 0.717) is 5.92 Å². The maximum absolute atomic E-state index is 6.06. The quantitative estimate of drug-likeness (QED) is 0.753. The maximum Gasteiger partial charge on any atom is 0.0497 e. The topological polar surface area (TPSA) is 35.2 Å². The van der Waals surface area contributed by atoms with E-state index in [-0.39, 0.29) is 0 Å². The van der Waals surface area contributed by atoms with E-state index in [1.54, 1.807) is 0 Å². The van der Waals surface area contributed by atoms with Crippen molar-refractivity contribution in [1.82, 2.24) is 0 Å². The predicted molar refractivity (Wildman–Crippen MR) is 62.8 cm³/mol. The van der Waals surface area contributed by atoms with E-state index in [0.717, 1.165) is 25.3 Å². The summed E-state index contributed by atoms with van der Waals surface area (Å²) in [5, 5.41) is 0. The Morgan fingerprint density at radius 2 is 2.33 bits per heavy atom. The summed E-state index contributed by atoms with van der Waals surface area (Å²) in [5.41, 5.74) is 9.49. The number of nitrogen functional groups attached to an aromatic ring is 1. The molecule has 1 heterocycles. The van der Waals surface area contributed by atoms with Crippen LogP contribution in [-0.4, -0.2) is 13.2 Å². The summed E-state index contributed by atoms with van der Waals surface area (Å²) in [6, 6.07) is 6.29. The van der Waals surface area contributed by atoms with Gasteiger partial charge in [0.1, 0.15) is 0 Å². The van der Waals surface area contributed by atoms with Crippen molar-refractivity contribution in [3.05, 3.63) is 29.3 Å². The number of anilines is 1. The van der Waals surface area contributed by atoms with Crippen LogP contribution in [0.1, 0.15) is 24.0 Å². The van der Waals surface area contributed by atoms with Crippen molar-refractivity contribution in [2.24, 2.45) is 5.92 Å². The molecule has 2 heteroatoms. The summed E-state index contributed by atoms with van der Waals surface area (Å²) in [4.78, 5) is 0. The number of rotatable bonds is 2. The van der Waals surface area contributed by atoms with Crippen molar-refractivity contribution in [2.45, 2.75) is 26.2 Å². The summed E-state index contributed by atoms with van der Waals surface area (Å²) >= 11 is 0. The number of aryl methyl sites for hydroxylation is 1.